The van der Waals surface area contributed by atoms with E-state index in [2.05, 4.69) is 20.8 Å². The van der Waals surface area contributed by atoms with E-state index in [0.717, 1.165) is 33.5 Å². The zero-order chi connectivity index (χ0) is 22.7. The van der Waals surface area contributed by atoms with Crippen molar-refractivity contribution in [1.29, 1.82) is 0 Å². The molecule has 0 fully saturated rings. The molecule has 0 aliphatic rings. The summed E-state index contributed by atoms with van der Waals surface area (Å²) in [5.74, 6) is -0.451. The normalized spacial score (nSPS) is 10.7. The van der Waals surface area contributed by atoms with Gasteiger partial charge in [0.25, 0.3) is 0 Å². The topological polar surface area (TPSA) is 96.1 Å². The number of rotatable bonds is 5. The maximum Gasteiger partial charge on any atom is 0.359 e. The molecule has 0 aliphatic carbocycles. The van der Waals surface area contributed by atoms with Gasteiger partial charge in [0, 0.05) is 16.8 Å². The van der Waals surface area contributed by atoms with Gasteiger partial charge in [-0.25, -0.2) is 9.59 Å². The molecule has 162 valence electrons. The van der Waals surface area contributed by atoms with E-state index in [4.69, 9.17) is 4.74 Å². The van der Waals surface area contributed by atoms with E-state index in [-0.39, 0.29) is 11.7 Å². The zero-order valence-corrected chi connectivity index (χ0v) is 18.2. The molecule has 3 aromatic carbocycles. The van der Waals surface area contributed by atoms with Crippen LogP contribution in [0.3, 0.4) is 0 Å². The van der Waals surface area contributed by atoms with Crippen molar-refractivity contribution in [3.05, 3.63) is 77.5 Å². The number of benzene rings is 3. The molecule has 0 atom stereocenters. The molecule has 1 aromatic heterocycles. The molecule has 0 saturated carbocycles. The van der Waals surface area contributed by atoms with Crippen LogP contribution in [-0.2, 0) is 4.74 Å². The number of H-pyrrole nitrogens is 1. The number of hydrogen-bond acceptors (Lipinski definition) is 4. The summed E-state index contributed by atoms with van der Waals surface area (Å²) >= 11 is 0. The molecule has 0 unspecified atom stereocenters. The minimum absolute atomic E-state index is 0.270. The number of aromatic nitrogens is 2. The Labute approximate surface area is 185 Å². The second kappa shape index (κ2) is 8.93. The van der Waals surface area contributed by atoms with Crippen molar-refractivity contribution in [2.75, 3.05) is 17.2 Å². The van der Waals surface area contributed by atoms with Gasteiger partial charge >= 0.3 is 12.0 Å². The highest BCUT2D eigenvalue weighted by Crippen LogP contribution is 2.27. The summed E-state index contributed by atoms with van der Waals surface area (Å²) in [7, 11) is 0. The van der Waals surface area contributed by atoms with Crippen molar-refractivity contribution in [3.8, 4) is 11.1 Å². The van der Waals surface area contributed by atoms with Crippen LogP contribution in [-0.4, -0.2) is 28.8 Å². The highest BCUT2D eigenvalue weighted by molar-refractivity contribution is 6.03. The number of fused-ring (bicyclic) bond motifs is 1. The van der Waals surface area contributed by atoms with Crippen LogP contribution in [0.15, 0.2) is 60.7 Å². The van der Waals surface area contributed by atoms with Gasteiger partial charge in [0.2, 0.25) is 0 Å². The van der Waals surface area contributed by atoms with Crippen molar-refractivity contribution in [1.82, 2.24) is 10.2 Å². The molecule has 1 heterocycles. The molecular weight excluding hydrogens is 404 g/mol. The average Bonchev–Trinajstić information content (AvgIpc) is 3.19. The molecular formula is C25H24N4O3. The molecule has 0 bridgehead atoms. The Hall–Kier alpha value is -4.13. The number of aromatic amines is 1. The lowest BCUT2D eigenvalue weighted by atomic mass is 10.0. The summed E-state index contributed by atoms with van der Waals surface area (Å²) in [6.45, 7) is 6.03. The maximum atomic E-state index is 12.5. The fourth-order valence-corrected chi connectivity index (χ4v) is 3.57. The molecule has 7 heteroatoms. The third-order valence-corrected chi connectivity index (χ3v) is 5.12. The minimum atomic E-state index is -0.451. The van der Waals surface area contributed by atoms with Crippen LogP contribution in [0.4, 0.5) is 16.2 Å². The number of urea groups is 1. The predicted molar refractivity (Wildman–Crippen MR) is 126 cm³/mol. The van der Waals surface area contributed by atoms with Crippen LogP contribution in [0.25, 0.3) is 22.0 Å². The van der Waals surface area contributed by atoms with Crippen LogP contribution in [0, 0.1) is 13.8 Å². The molecule has 3 N–H and O–H groups in total. The van der Waals surface area contributed by atoms with E-state index in [1.54, 1.807) is 6.92 Å². The van der Waals surface area contributed by atoms with E-state index in [0.29, 0.717) is 17.7 Å². The van der Waals surface area contributed by atoms with Crippen LogP contribution in [0.5, 0.6) is 0 Å². The molecule has 0 radical (unpaired) electrons. The Bertz CT molecular complexity index is 1310. The highest BCUT2D eigenvalue weighted by atomic mass is 16.5. The van der Waals surface area contributed by atoms with Crippen LogP contribution in [0.2, 0.25) is 0 Å². The lowest BCUT2D eigenvalue weighted by molar-refractivity contribution is 0.0521. The van der Waals surface area contributed by atoms with E-state index in [1.165, 1.54) is 0 Å². The van der Waals surface area contributed by atoms with Gasteiger partial charge in [-0.05, 0) is 67.8 Å². The molecule has 2 amide bonds. The molecule has 32 heavy (non-hydrogen) atoms. The van der Waals surface area contributed by atoms with Gasteiger partial charge in [0.15, 0.2) is 5.69 Å². The first kappa shape index (κ1) is 21.1. The zero-order valence-electron chi connectivity index (χ0n) is 18.2. The number of nitrogens with zero attached hydrogens (tertiary/aromatic N) is 1. The summed E-state index contributed by atoms with van der Waals surface area (Å²) < 4.78 is 5.05. The predicted octanol–water partition coefficient (Wildman–Crippen LogP) is 5.67. The fourth-order valence-electron chi connectivity index (χ4n) is 3.57. The number of carbonyl (C=O) groups is 2. The van der Waals surface area contributed by atoms with Crippen molar-refractivity contribution in [2.24, 2.45) is 0 Å². The number of anilines is 2. The van der Waals surface area contributed by atoms with Crippen LogP contribution >= 0.6 is 0 Å². The number of amides is 2. The van der Waals surface area contributed by atoms with Crippen molar-refractivity contribution in [3.63, 3.8) is 0 Å². The number of ether oxygens (including phenoxy) is 1. The van der Waals surface area contributed by atoms with Gasteiger partial charge < -0.3 is 15.4 Å². The lowest BCUT2D eigenvalue weighted by Crippen LogP contribution is -2.20. The second-order valence-corrected chi connectivity index (χ2v) is 7.53. The number of carbonyl (C=O) groups excluding carboxylic acids is 2. The quantitative estimate of drug-likeness (QED) is 0.357. The van der Waals surface area contributed by atoms with Crippen LogP contribution < -0.4 is 10.6 Å². The first-order valence-electron chi connectivity index (χ1n) is 10.4. The van der Waals surface area contributed by atoms with E-state index in [9.17, 15) is 9.59 Å². The monoisotopic (exact) mass is 428 g/mol. The van der Waals surface area contributed by atoms with Gasteiger partial charge in [0.1, 0.15) is 0 Å². The lowest BCUT2D eigenvalue weighted by Gasteiger charge is -2.11. The highest BCUT2D eigenvalue weighted by Gasteiger charge is 2.15. The Balaban J connectivity index is 1.53. The van der Waals surface area contributed by atoms with Crippen LogP contribution in [0.1, 0.15) is 28.5 Å². The third kappa shape index (κ3) is 4.46. The van der Waals surface area contributed by atoms with Crippen molar-refractivity contribution in [2.45, 2.75) is 20.8 Å². The Morgan fingerprint density at radius 2 is 1.78 bits per heavy atom. The van der Waals surface area contributed by atoms with Gasteiger partial charge in [-0.15, -0.1) is 0 Å². The number of hydrogen-bond donors (Lipinski definition) is 3. The number of nitrogens with one attached hydrogen (secondary N) is 3. The Kier molecular flexibility index (Phi) is 5.89. The van der Waals surface area contributed by atoms with Gasteiger partial charge in [-0.3, -0.25) is 5.10 Å². The second-order valence-electron chi connectivity index (χ2n) is 7.53. The summed E-state index contributed by atoms with van der Waals surface area (Å²) in [4.78, 5) is 24.5. The molecule has 0 aliphatic heterocycles. The number of esters is 1. The molecule has 4 rings (SSSR count). The molecule has 7 nitrogen and oxygen atoms in total. The molecule has 4 aromatic rings. The SMILES string of the molecule is CCOC(=O)c1n[nH]c2cc(-c3cccc(NC(=O)Nc4ccc(C)cc4C)c3)ccc12. The van der Waals surface area contributed by atoms with E-state index < -0.39 is 5.97 Å². The maximum absolute atomic E-state index is 12.5. The fraction of sp³-hybridized carbons (Fsp3) is 0.160. The van der Waals surface area contributed by atoms with Crippen molar-refractivity contribution < 1.29 is 14.3 Å². The van der Waals surface area contributed by atoms with E-state index in [1.807, 2.05) is 74.5 Å². The summed E-state index contributed by atoms with van der Waals surface area (Å²) in [6.07, 6.45) is 0. The third-order valence-electron chi connectivity index (χ3n) is 5.12. The van der Waals surface area contributed by atoms with Gasteiger partial charge in [0.05, 0.1) is 12.1 Å². The summed E-state index contributed by atoms with van der Waals surface area (Å²) in [5, 5.41) is 13.5. The minimum Gasteiger partial charge on any atom is -0.461 e. The van der Waals surface area contributed by atoms with E-state index >= 15 is 0 Å². The van der Waals surface area contributed by atoms with Gasteiger partial charge in [-0.2, -0.15) is 5.10 Å². The van der Waals surface area contributed by atoms with Crippen molar-refractivity contribution >= 4 is 34.3 Å². The molecule has 0 saturated heterocycles. The Morgan fingerprint density at radius 1 is 0.969 bits per heavy atom. The smallest absolute Gasteiger partial charge is 0.359 e. The summed E-state index contributed by atoms with van der Waals surface area (Å²) in [5.41, 5.74) is 6.43. The van der Waals surface area contributed by atoms with Gasteiger partial charge in [-0.1, -0.05) is 35.9 Å². The largest absolute Gasteiger partial charge is 0.461 e. The first-order chi connectivity index (χ1) is 15.4. The first-order valence-corrected chi connectivity index (χ1v) is 10.4. The average molecular weight is 428 g/mol. The summed E-state index contributed by atoms with van der Waals surface area (Å²) in [6, 6.07) is 18.8. The number of aryl methyl sites for hydroxylation is 2. The molecule has 0 spiro atoms. The Morgan fingerprint density at radius 3 is 2.56 bits per heavy atom. The standard InChI is InChI=1S/C25H24N4O3/c1-4-32-24(30)23-20-10-9-18(14-22(20)28-29-23)17-6-5-7-19(13-17)26-25(31)27-21-11-8-15(2)12-16(21)3/h5-14H,4H2,1-3H3,(H,28,29)(H2,26,27,31).